The van der Waals surface area contributed by atoms with Crippen LogP contribution in [0.4, 0.5) is 0 Å². The number of primary amides is 1. The minimum absolute atomic E-state index is 0.0580. The fourth-order valence-electron chi connectivity index (χ4n) is 2.89. The lowest BCUT2D eigenvalue weighted by molar-refractivity contribution is -0.118. The molecular weight excluding hydrogens is 402 g/mol. The average Bonchev–Trinajstić information content (AvgIpc) is 3.35. The van der Waals surface area contributed by atoms with Crippen LogP contribution in [0.3, 0.4) is 0 Å². The molecule has 0 saturated carbocycles. The summed E-state index contributed by atoms with van der Waals surface area (Å²) < 4.78 is 13.7. The van der Waals surface area contributed by atoms with Crippen LogP contribution in [0, 0.1) is 0 Å². The Hall–Kier alpha value is -2.91. The SMILES string of the molecule is CC(C)Oc1csc(-c2ccc(-n3ccnc3CCC(N)=O)cc2OCCCN)n1. The number of rotatable bonds is 11. The van der Waals surface area contributed by atoms with Crippen molar-refractivity contribution in [2.24, 2.45) is 11.5 Å². The molecule has 0 aliphatic rings. The summed E-state index contributed by atoms with van der Waals surface area (Å²) in [5.41, 5.74) is 12.7. The Morgan fingerprint density at radius 1 is 1.33 bits per heavy atom. The Labute approximate surface area is 179 Å². The second kappa shape index (κ2) is 10.2. The summed E-state index contributed by atoms with van der Waals surface area (Å²) in [5.74, 6) is 1.72. The highest BCUT2D eigenvalue weighted by Crippen LogP contribution is 2.36. The molecule has 0 aliphatic heterocycles. The molecule has 2 heterocycles. The third kappa shape index (κ3) is 5.58. The number of imidazole rings is 1. The van der Waals surface area contributed by atoms with Gasteiger partial charge in [0.05, 0.1) is 29.3 Å². The lowest BCUT2D eigenvalue weighted by Gasteiger charge is -2.14. The van der Waals surface area contributed by atoms with Crippen molar-refractivity contribution in [2.75, 3.05) is 13.2 Å². The van der Waals surface area contributed by atoms with Crippen LogP contribution in [-0.4, -0.2) is 39.7 Å². The van der Waals surface area contributed by atoms with Crippen LogP contribution in [0.2, 0.25) is 0 Å². The molecule has 2 aromatic heterocycles. The van der Waals surface area contributed by atoms with Crippen molar-refractivity contribution < 1.29 is 14.3 Å². The molecule has 0 spiro atoms. The summed E-state index contributed by atoms with van der Waals surface area (Å²) in [5, 5.41) is 2.71. The quantitative estimate of drug-likeness (QED) is 0.453. The minimum atomic E-state index is -0.353. The zero-order chi connectivity index (χ0) is 21.5. The lowest BCUT2D eigenvalue weighted by Crippen LogP contribution is -2.13. The number of hydrogen-bond donors (Lipinski definition) is 2. The van der Waals surface area contributed by atoms with Gasteiger partial charge in [0, 0.05) is 31.3 Å². The van der Waals surface area contributed by atoms with E-state index < -0.39 is 0 Å². The fraction of sp³-hybridized carbons (Fsp3) is 0.381. The first-order valence-electron chi connectivity index (χ1n) is 9.88. The van der Waals surface area contributed by atoms with Crippen molar-refractivity contribution in [2.45, 2.75) is 39.2 Å². The molecule has 0 atom stereocenters. The Balaban J connectivity index is 1.92. The third-order valence-electron chi connectivity index (χ3n) is 4.23. The van der Waals surface area contributed by atoms with Gasteiger partial charge in [0.25, 0.3) is 0 Å². The zero-order valence-electron chi connectivity index (χ0n) is 17.2. The molecule has 160 valence electrons. The molecule has 1 aromatic carbocycles. The van der Waals surface area contributed by atoms with Crippen LogP contribution in [0.5, 0.6) is 11.6 Å². The van der Waals surface area contributed by atoms with E-state index in [2.05, 4.69) is 9.97 Å². The number of carbonyl (C=O) groups is 1. The van der Waals surface area contributed by atoms with Crippen molar-refractivity contribution >= 4 is 17.2 Å². The Morgan fingerprint density at radius 2 is 2.17 bits per heavy atom. The van der Waals surface area contributed by atoms with Crippen LogP contribution in [0.15, 0.2) is 36.0 Å². The summed E-state index contributed by atoms with van der Waals surface area (Å²) in [6, 6.07) is 5.90. The van der Waals surface area contributed by atoms with Crippen LogP contribution in [0.1, 0.15) is 32.5 Å². The summed E-state index contributed by atoms with van der Waals surface area (Å²) >= 11 is 1.50. The van der Waals surface area contributed by atoms with Gasteiger partial charge >= 0.3 is 0 Å². The summed E-state index contributed by atoms with van der Waals surface area (Å²) in [6.45, 7) is 5.00. The molecule has 3 aromatic rings. The molecule has 8 nitrogen and oxygen atoms in total. The molecule has 4 N–H and O–H groups in total. The second-order valence-electron chi connectivity index (χ2n) is 7.01. The van der Waals surface area contributed by atoms with Crippen LogP contribution >= 0.6 is 11.3 Å². The highest BCUT2D eigenvalue weighted by molar-refractivity contribution is 7.13. The second-order valence-corrected chi connectivity index (χ2v) is 7.87. The van der Waals surface area contributed by atoms with Gasteiger partial charge in [0.15, 0.2) is 0 Å². The summed E-state index contributed by atoms with van der Waals surface area (Å²) in [4.78, 5) is 20.1. The number of carbonyl (C=O) groups excluding carboxylic acids is 1. The zero-order valence-corrected chi connectivity index (χ0v) is 18.0. The van der Waals surface area contributed by atoms with Crippen LogP contribution in [0.25, 0.3) is 16.3 Å². The number of amides is 1. The van der Waals surface area contributed by atoms with Crippen LogP contribution in [-0.2, 0) is 11.2 Å². The van der Waals surface area contributed by atoms with E-state index in [1.807, 2.05) is 48.2 Å². The van der Waals surface area contributed by atoms with Gasteiger partial charge in [-0.2, -0.15) is 0 Å². The molecule has 1 amide bonds. The highest BCUT2D eigenvalue weighted by Gasteiger charge is 2.15. The first-order valence-corrected chi connectivity index (χ1v) is 10.8. The maximum Gasteiger partial charge on any atom is 0.225 e. The maximum absolute atomic E-state index is 11.2. The van der Waals surface area contributed by atoms with Gasteiger partial charge in [-0.3, -0.25) is 4.79 Å². The van der Waals surface area contributed by atoms with E-state index in [4.69, 9.17) is 20.9 Å². The van der Waals surface area contributed by atoms with Crippen molar-refractivity contribution in [1.29, 1.82) is 0 Å². The number of ether oxygens (including phenoxy) is 2. The largest absolute Gasteiger partial charge is 0.493 e. The molecular formula is C21H27N5O3S. The number of nitrogens with two attached hydrogens (primary N) is 2. The summed E-state index contributed by atoms with van der Waals surface area (Å²) in [6.07, 6.45) is 5.08. The highest BCUT2D eigenvalue weighted by atomic mass is 32.1. The Morgan fingerprint density at radius 3 is 2.90 bits per heavy atom. The van der Waals surface area contributed by atoms with Crippen molar-refractivity contribution in [3.8, 4) is 27.9 Å². The van der Waals surface area contributed by atoms with Crippen molar-refractivity contribution in [3.63, 3.8) is 0 Å². The minimum Gasteiger partial charge on any atom is -0.493 e. The van der Waals surface area contributed by atoms with Gasteiger partial charge in [-0.15, -0.1) is 11.3 Å². The molecule has 0 unspecified atom stereocenters. The van der Waals surface area contributed by atoms with E-state index in [1.165, 1.54) is 11.3 Å². The summed E-state index contributed by atoms with van der Waals surface area (Å²) in [7, 11) is 0. The Kier molecular flexibility index (Phi) is 7.42. The first-order chi connectivity index (χ1) is 14.5. The standard InChI is InChI=1S/C21H27N5O3S/c1-14(2)29-20-13-30-21(25-20)16-5-4-15(12-17(16)28-11-3-8-22)26-10-9-24-19(26)7-6-18(23)27/h4-5,9-10,12-14H,3,6-8,11,22H2,1-2H3,(H2,23,27). The molecule has 0 aliphatic carbocycles. The normalized spacial score (nSPS) is 11.1. The number of benzene rings is 1. The van der Waals surface area contributed by atoms with E-state index >= 15 is 0 Å². The lowest BCUT2D eigenvalue weighted by atomic mass is 10.1. The van der Waals surface area contributed by atoms with Gasteiger partial charge in [0.1, 0.15) is 16.6 Å². The Bertz CT molecular complexity index is 983. The molecule has 0 bridgehead atoms. The first kappa shape index (κ1) is 21.8. The monoisotopic (exact) mass is 429 g/mol. The fourth-order valence-corrected chi connectivity index (χ4v) is 3.65. The number of hydrogen-bond acceptors (Lipinski definition) is 7. The van der Waals surface area contributed by atoms with Crippen molar-refractivity contribution in [3.05, 3.63) is 41.8 Å². The number of thiazole rings is 1. The number of aromatic nitrogens is 3. The van der Waals surface area contributed by atoms with E-state index in [0.717, 1.165) is 28.5 Å². The topological polar surface area (TPSA) is 118 Å². The van der Waals surface area contributed by atoms with E-state index in [-0.39, 0.29) is 18.4 Å². The predicted molar refractivity (Wildman–Crippen MR) is 117 cm³/mol. The van der Waals surface area contributed by atoms with Crippen molar-refractivity contribution in [1.82, 2.24) is 14.5 Å². The third-order valence-corrected chi connectivity index (χ3v) is 5.09. The van der Waals surface area contributed by atoms with E-state index in [9.17, 15) is 4.79 Å². The number of aryl methyl sites for hydroxylation is 1. The van der Waals surface area contributed by atoms with Gasteiger partial charge in [-0.1, -0.05) is 0 Å². The van der Waals surface area contributed by atoms with E-state index in [0.29, 0.717) is 31.2 Å². The predicted octanol–water partition coefficient (Wildman–Crippen LogP) is 2.93. The molecule has 9 heteroatoms. The van der Waals surface area contributed by atoms with Crippen LogP contribution < -0.4 is 20.9 Å². The average molecular weight is 430 g/mol. The smallest absolute Gasteiger partial charge is 0.225 e. The van der Waals surface area contributed by atoms with E-state index in [1.54, 1.807) is 6.20 Å². The molecule has 3 rings (SSSR count). The maximum atomic E-state index is 11.2. The molecule has 0 saturated heterocycles. The van der Waals surface area contributed by atoms with Gasteiger partial charge in [0.2, 0.25) is 11.8 Å². The molecule has 0 fully saturated rings. The van der Waals surface area contributed by atoms with Gasteiger partial charge in [-0.25, -0.2) is 9.97 Å². The van der Waals surface area contributed by atoms with Gasteiger partial charge in [-0.05, 0) is 38.9 Å². The number of nitrogens with zero attached hydrogens (tertiary/aromatic N) is 3. The van der Waals surface area contributed by atoms with Gasteiger partial charge < -0.3 is 25.5 Å². The molecule has 0 radical (unpaired) electrons. The molecule has 30 heavy (non-hydrogen) atoms.